The summed E-state index contributed by atoms with van der Waals surface area (Å²) in [6.45, 7) is 1.81. The number of carboxylic acid groups (broad SMARTS) is 1. The smallest absolute Gasteiger partial charge is 0.326 e. The Kier molecular flexibility index (Phi) is 3.22. The highest BCUT2D eigenvalue weighted by atomic mass is 16.4. The van der Waals surface area contributed by atoms with E-state index < -0.39 is 12.0 Å². The fraction of sp³-hybridized carbons (Fsp3) is 0.667. The third kappa shape index (κ3) is 1.92. The highest BCUT2D eigenvalue weighted by Gasteiger charge is 2.39. The van der Waals surface area contributed by atoms with Crippen LogP contribution in [0.4, 0.5) is 0 Å². The van der Waals surface area contributed by atoms with Gasteiger partial charge in [-0.25, -0.2) is 4.79 Å². The zero-order valence-electron chi connectivity index (χ0n) is 8.02. The van der Waals surface area contributed by atoms with Crippen molar-refractivity contribution in [3.8, 4) is 0 Å². The van der Waals surface area contributed by atoms with E-state index in [0.29, 0.717) is 6.42 Å². The Morgan fingerprint density at radius 1 is 1.57 bits per heavy atom. The number of carbonyl (C=O) groups excluding carboxylic acids is 2. The molecule has 2 amide bonds. The molecule has 1 saturated heterocycles. The van der Waals surface area contributed by atoms with Gasteiger partial charge in [-0.1, -0.05) is 6.92 Å². The van der Waals surface area contributed by atoms with Gasteiger partial charge in [-0.15, -0.1) is 0 Å². The molecular formula is C9H13NO4. The van der Waals surface area contributed by atoms with Crippen molar-refractivity contribution in [2.45, 2.75) is 38.6 Å². The molecule has 0 bridgehead atoms. The van der Waals surface area contributed by atoms with Gasteiger partial charge in [0.1, 0.15) is 6.04 Å². The molecule has 0 saturated carbocycles. The first kappa shape index (κ1) is 10.7. The summed E-state index contributed by atoms with van der Waals surface area (Å²) in [5.74, 6) is -1.83. The molecule has 0 aromatic rings. The minimum atomic E-state index is -1.10. The molecule has 1 atom stereocenters. The minimum Gasteiger partial charge on any atom is -0.480 e. The molecule has 1 N–H and O–H groups in total. The van der Waals surface area contributed by atoms with Crippen LogP contribution in [0.5, 0.6) is 0 Å². The van der Waals surface area contributed by atoms with E-state index in [4.69, 9.17) is 5.11 Å². The van der Waals surface area contributed by atoms with Crippen LogP contribution in [0.1, 0.15) is 32.6 Å². The number of hydrogen-bond acceptors (Lipinski definition) is 3. The van der Waals surface area contributed by atoms with E-state index in [1.165, 1.54) is 0 Å². The topological polar surface area (TPSA) is 74.7 Å². The van der Waals surface area contributed by atoms with Gasteiger partial charge in [-0.05, 0) is 12.8 Å². The van der Waals surface area contributed by atoms with Crippen molar-refractivity contribution in [2.75, 3.05) is 0 Å². The van der Waals surface area contributed by atoms with Gasteiger partial charge in [0.2, 0.25) is 11.8 Å². The number of nitrogens with zero attached hydrogens (tertiary/aromatic N) is 1. The van der Waals surface area contributed by atoms with Crippen LogP contribution in [-0.4, -0.2) is 33.8 Å². The second-order valence-corrected chi connectivity index (χ2v) is 3.30. The fourth-order valence-electron chi connectivity index (χ4n) is 1.56. The van der Waals surface area contributed by atoms with Crippen LogP contribution >= 0.6 is 0 Å². The number of carbonyl (C=O) groups is 3. The molecule has 0 aliphatic carbocycles. The summed E-state index contributed by atoms with van der Waals surface area (Å²) in [4.78, 5) is 34.3. The Morgan fingerprint density at radius 3 is 2.71 bits per heavy atom. The third-order valence-electron chi connectivity index (χ3n) is 2.23. The summed E-state index contributed by atoms with van der Waals surface area (Å²) < 4.78 is 0. The molecule has 0 aromatic carbocycles. The van der Waals surface area contributed by atoms with E-state index in [9.17, 15) is 14.4 Å². The first-order chi connectivity index (χ1) is 6.57. The zero-order valence-corrected chi connectivity index (χ0v) is 8.02. The predicted molar refractivity (Wildman–Crippen MR) is 47.4 cm³/mol. The molecular weight excluding hydrogens is 186 g/mol. The predicted octanol–water partition coefficient (Wildman–Crippen LogP) is 0.389. The Labute approximate surface area is 81.7 Å². The lowest BCUT2D eigenvalue weighted by molar-refractivity contribution is -0.153. The Morgan fingerprint density at radius 2 is 2.21 bits per heavy atom. The van der Waals surface area contributed by atoms with Gasteiger partial charge in [0.05, 0.1) is 0 Å². The van der Waals surface area contributed by atoms with Crippen molar-refractivity contribution in [3.05, 3.63) is 0 Å². The molecule has 0 radical (unpaired) electrons. The van der Waals surface area contributed by atoms with Crippen LogP contribution in [0.2, 0.25) is 0 Å². The lowest BCUT2D eigenvalue weighted by Gasteiger charge is -2.18. The number of amides is 2. The molecule has 5 nitrogen and oxygen atoms in total. The molecule has 0 aromatic heterocycles. The molecule has 1 heterocycles. The second kappa shape index (κ2) is 4.21. The van der Waals surface area contributed by atoms with Crippen LogP contribution in [0.15, 0.2) is 0 Å². The zero-order chi connectivity index (χ0) is 10.7. The first-order valence-corrected chi connectivity index (χ1v) is 4.65. The Bertz CT molecular complexity index is 274. The quantitative estimate of drug-likeness (QED) is 0.713. The van der Waals surface area contributed by atoms with Gasteiger partial charge >= 0.3 is 5.97 Å². The summed E-state index contributed by atoms with van der Waals surface area (Å²) >= 11 is 0. The second-order valence-electron chi connectivity index (χ2n) is 3.30. The van der Waals surface area contributed by atoms with Gasteiger partial charge in [0.15, 0.2) is 0 Å². The molecule has 1 rings (SSSR count). The van der Waals surface area contributed by atoms with E-state index in [-0.39, 0.29) is 31.1 Å². The van der Waals surface area contributed by atoms with Crippen LogP contribution < -0.4 is 0 Å². The van der Waals surface area contributed by atoms with Gasteiger partial charge in [0, 0.05) is 12.8 Å². The maximum atomic E-state index is 11.4. The maximum Gasteiger partial charge on any atom is 0.326 e. The first-order valence-electron chi connectivity index (χ1n) is 4.65. The van der Waals surface area contributed by atoms with E-state index in [1.54, 1.807) is 0 Å². The van der Waals surface area contributed by atoms with Crippen molar-refractivity contribution < 1.29 is 19.5 Å². The maximum absolute atomic E-state index is 11.4. The van der Waals surface area contributed by atoms with Crippen molar-refractivity contribution in [3.63, 3.8) is 0 Å². The van der Waals surface area contributed by atoms with E-state index in [1.807, 2.05) is 6.92 Å². The molecule has 5 heteroatoms. The lowest BCUT2D eigenvalue weighted by Crippen LogP contribution is -2.42. The number of aliphatic carboxylic acids is 1. The molecule has 1 aliphatic heterocycles. The average Bonchev–Trinajstić information content (AvgIpc) is 2.47. The standard InChI is InChI=1S/C9H13NO4/c1-2-3-7(11)10-6(9(13)14)4-5-8(10)12/h6H,2-5H2,1H3,(H,13,14). The van der Waals surface area contributed by atoms with E-state index in [0.717, 1.165) is 4.90 Å². The molecule has 1 unspecified atom stereocenters. The highest BCUT2D eigenvalue weighted by Crippen LogP contribution is 2.20. The molecule has 14 heavy (non-hydrogen) atoms. The number of hydrogen-bond donors (Lipinski definition) is 1. The normalized spacial score (nSPS) is 21.4. The van der Waals surface area contributed by atoms with Crippen LogP contribution in [-0.2, 0) is 14.4 Å². The molecule has 78 valence electrons. The molecule has 1 fully saturated rings. The number of likely N-dealkylation sites (tertiary alicyclic amines) is 1. The van der Waals surface area contributed by atoms with E-state index in [2.05, 4.69) is 0 Å². The summed E-state index contributed by atoms with van der Waals surface area (Å²) in [6.07, 6.45) is 1.25. The fourth-order valence-corrected chi connectivity index (χ4v) is 1.56. The van der Waals surface area contributed by atoms with Gasteiger partial charge in [-0.2, -0.15) is 0 Å². The molecule has 1 aliphatic rings. The highest BCUT2D eigenvalue weighted by molar-refractivity contribution is 6.01. The molecule has 0 spiro atoms. The van der Waals surface area contributed by atoms with Gasteiger partial charge in [-0.3, -0.25) is 14.5 Å². The van der Waals surface area contributed by atoms with E-state index >= 15 is 0 Å². The summed E-state index contributed by atoms with van der Waals surface area (Å²) in [5, 5.41) is 8.77. The average molecular weight is 199 g/mol. The minimum absolute atomic E-state index is 0.159. The monoisotopic (exact) mass is 199 g/mol. The van der Waals surface area contributed by atoms with Crippen LogP contribution in [0, 0.1) is 0 Å². The third-order valence-corrected chi connectivity index (χ3v) is 2.23. The van der Waals surface area contributed by atoms with Crippen molar-refractivity contribution in [1.82, 2.24) is 4.90 Å². The summed E-state index contributed by atoms with van der Waals surface area (Å²) in [6, 6.07) is -0.943. The number of carboxylic acids is 1. The Hall–Kier alpha value is -1.39. The van der Waals surface area contributed by atoms with Crippen molar-refractivity contribution in [2.24, 2.45) is 0 Å². The Balaban J connectivity index is 2.76. The van der Waals surface area contributed by atoms with Crippen LogP contribution in [0.3, 0.4) is 0 Å². The summed E-state index contributed by atoms with van der Waals surface area (Å²) in [5.41, 5.74) is 0. The number of rotatable bonds is 3. The van der Waals surface area contributed by atoms with Crippen molar-refractivity contribution >= 4 is 17.8 Å². The lowest BCUT2D eigenvalue weighted by atomic mass is 10.2. The summed E-state index contributed by atoms with van der Waals surface area (Å²) in [7, 11) is 0. The number of imide groups is 1. The van der Waals surface area contributed by atoms with Gasteiger partial charge < -0.3 is 5.11 Å². The SMILES string of the molecule is CCCC(=O)N1C(=O)CCC1C(=O)O. The largest absolute Gasteiger partial charge is 0.480 e. The van der Waals surface area contributed by atoms with Crippen molar-refractivity contribution in [1.29, 1.82) is 0 Å². The van der Waals surface area contributed by atoms with Crippen LogP contribution in [0.25, 0.3) is 0 Å². The van der Waals surface area contributed by atoms with Gasteiger partial charge in [0.25, 0.3) is 0 Å².